The zero-order valence-electron chi connectivity index (χ0n) is 17.8. The van der Waals surface area contributed by atoms with Crippen molar-refractivity contribution in [1.29, 1.82) is 0 Å². The highest BCUT2D eigenvalue weighted by atomic mass is 32.2. The molecule has 0 radical (unpaired) electrons. The number of benzene rings is 1. The first-order valence-corrected chi connectivity index (χ1v) is 11.2. The lowest BCUT2D eigenvalue weighted by Crippen LogP contribution is -2.27. The molecule has 2 rings (SSSR count). The Bertz CT molecular complexity index is 999. The van der Waals surface area contributed by atoms with Crippen LogP contribution in [0.3, 0.4) is 0 Å². The maximum Gasteiger partial charge on any atom is 0.416 e. The highest BCUT2D eigenvalue weighted by Gasteiger charge is 2.30. The van der Waals surface area contributed by atoms with Crippen molar-refractivity contribution >= 4 is 34.8 Å². The van der Waals surface area contributed by atoms with Crippen LogP contribution in [-0.2, 0) is 17.4 Å². The molecule has 0 aliphatic heterocycles. The molecule has 0 bridgehead atoms. The van der Waals surface area contributed by atoms with Gasteiger partial charge in [0.1, 0.15) is 4.75 Å². The minimum absolute atomic E-state index is 0.289. The fourth-order valence-electron chi connectivity index (χ4n) is 2.37. The average molecular weight is 487 g/mol. The second-order valence-electron chi connectivity index (χ2n) is 7.48. The molecule has 1 heterocycles. The van der Waals surface area contributed by atoms with Crippen molar-refractivity contribution in [2.45, 2.75) is 35.5 Å². The maximum absolute atomic E-state index is 12.7. The predicted octanol–water partition coefficient (Wildman–Crippen LogP) is 4.39. The molecule has 0 saturated heterocycles. The molecule has 0 spiro atoms. The highest BCUT2D eigenvalue weighted by Crippen LogP contribution is 2.34. The molecule has 0 saturated carbocycles. The lowest BCUT2D eigenvalue weighted by molar-refractivity contribution is -0.139. The minimum Gasteiger partial charge on any atom is -0.480 e. The molecule has 11 heteroatoms. The summed E-state index contributed by atoms with van der Waals surface area (Å²) in [4.78, 5) is 17.5. The number of carboxylic acids is 1. The molecule has 0 fully saturated rings. The Labute approximate surface area is 192 Å². The van der Waals surface area contributed by atoms with E-state index in [4.69, 9.17) is 11.5 Å². The number of aromatic nitrogens is 1. The van der Waals surface area contributed by atoms with E-state index in [0.717, 1.165) is 17.8 Å². The van der Waals surface area contributed by atoms with Gasteiger partial charge in [0, 0.05) is 31.1 Å². The van der Waals surface area contributed by atoms with Gasteiger partial charge in [0.15, 0.2) is 4.34 Å². The zero-order valence-corrected chi connectivity index (χ0v) is 19.4. The quantitative estimate of drug-likeness (QED) is 0.357. The Morgan fingerprint density at radius 3 is 2.41 bits per heavy atom. The summed E-state index contributed by atoms with van der Waals surface area (Å²) in [5.74, 6) is -0.475. The predicted molar refractivity (Wildman–Crippen MR) is 122 cm³/mol. The van der Waals surface area contributed by atoms with Gasteiger partial charge < -0.3 is 21.5 Å². The lowest BCUT2D eigenvalue weighted by Gasteiger charge is -2.18. The number of thiazole rings is 1. The van der Waals surface area contributed by atoms with Crippen LogP contribution in [0.4, 0.5) is 13.2 Å². The number of allylic oxidation sites excluding steroid dienone is 2. The van der Waals surface area contributed by atoms with Gasteiger partial charge in [-0.25, -0.2) is 4.98 Å². The number of rotatable bonds is 9. The fourth-order valence-corrected chi connectivity index (χ4v) is 4.60. The average Bonchev–Trinajstić information content (AvgIpc) is 3.15. The lowest BCUT2D eigenvalue weighted by atomic mass is 10.1. The largest absolute Gasteiger partial charge is 0.480 e. The van der Waals surface area contributed by atoms with Crippen molar-refractivity contribution in [3.63, 3.8) is 0 Å². The van der Waals surface area contributed by atoms with Crippen LogP contribution in [0.1, 0.15) is 30.7 Å². The van der Waals surface area contributed by atoms with Gasteiger partial charge in [-0.15, -0.1) is 11.3 Å². The maximum atomic E-state index is 12.7. The molecule has 0 unspecified atom stereocenters. The topological polar surface area (TPSA) is 105 Å². The monoisotopic (exact) mass is 486 g/mol. The van der Waals surface area contributed by atoms with Gasteiger partial charge in [0.25, 0.3) is 0 Å². The van der Waals surface area contributed by atoms with Crippen LogP contribution in [0, 0.1) is 0 Å². The molecule has 0 aliphatic carbocycles. The number of hydrogen-bond acceptors (Lipinski definition) is 7. The minimum atomic E-state index is -4.40. The third-order valence-electron chi connectivity index (χ3n) is 4.51. The van der Waals surface area contributed by atoms with Crippen LogP contribution < -0.4 is 11.5 Å². The molecule has 32 heavy (non-hydrogen) atoms. The van der Waals surface area contributed by atoms with E-state index in [2.05, 4.69) is 4.98 Å². The smallest absolute Gasteiger partial charge is 0.416 e. The van der Waals surface area contributed by atoms with E-state index < -0.39 is 22.5 Å². The van der Waals surface area contributed by atoms with E-state index in [9.17, 15) is 23.1 Å². The van der Waals surface area contributed by atoms with Gasteiger partial charge in [0.05, 0.1) is 17.1 Å². The van der Waals surface area contributed by atoms with E-state index >= 15 is 0 Å². The Kier molecular flexibility index (Phi) is 8.24. The summed E-state index contributed by atoms with van der Waals surface area (Å²) in [6.07, 6.45) is -0.661. The molecule has 1 aromatic carbocycles. The van der Waals surface area contributed by atoms with Crippen molar-refractivity contribution < 1.29 is 23.1 Å². The van der Waals surface area contributed by atoms with E-state index in [1.165, 1.54) is 35.2 Å². The number of thioether (sulfide) groups is 1. The van der Waals surface area contributed by atoms with E-state index in [1.807, 2.05) is 5.38 Å². The number of alkyl halides is 3. The first-order chi connectivity index (χ1) is 14.8. The molecule has 0 amide bonds. The Morgan fingerprint density at radius 1 is 1.22 bits per heavy atom. The van der Waals surface area contributed by atoms with Gasteiger partial charge in [-0.2, -0.15) is 13.2 Å². The van der Waals surface area contributed by atoms with Crippen LogP contribution in [0.5, 0.6) is 0 Å². The van der Waals surface area contributed by atoms with E-state index in [1.54, 1.807) is 37.9 Å². The number of nitrogens with two attached hydrogens (primary N) is 2. The summed E-state index contributed by atoms with van der Waals surface area (Å²) in [6.45, 7) is 3.82. The van der Waals surface area contributed by atoms with Crippen molar-refractivity contribution in [3.05, 3.63) is 64.4 Å². The molecule has 0 aliphatic rings. The number of halogens is 3. The van der Waals surface area contributed by atoms with Crippen molar-refractivity contribution in [2.24, 2.45) is 11.5 Å². The first kappa shape index (κ1) is 25.6. The second-order valence-corrected chi connectivity index (χ2v) is 10.2. The summed E-state index contributed by atoms with van der Waals surface area (Å²) >= 11 is 2.60. The Hall–Kier alpha value is -2.66. The zero-order chi connectivity index (χ0) is 24.1. The second kappa shape index (κ2) is 10.3. The van der Waals surface area contributed by atoms with Gasteiger partial charge in [0.2, 0.25) is 0 Å². The van der Waals surface area contributed by atoms with Crippen molar-refractivity contribution in [2.75, 3.05) is 13.6 Å². The van der Waals surface area contributed by atoms with Gasteiger partial charge >= 0.3 is 12.1 Å². The van der Waals surface area contributed by atoms with Crippen molar-refractivity contribution in [3.8, 4) is 0 Å². The summed E-state index contributed by atoms with van der Waals surface area (Å²) in [5.41, 5.74) is 12.9. The third-order valence-corrected chi connectivity index (χ3v) is 6.68. The van der Waals surface area contributed by atoms with Crippen LogP contribution in [0.25, 0.3) is 5.70 Å². The molecule has 5 N–H and O–H groups in total. The third kappa shape index (κ3) is 7.20. The van der Waals surface area contributed by atoms with E-state index in [-0.39, 0.29) is 5.70 Å². The summed E-state index contributed by atoms with van der Waals surface area (Å²) in [7, 11) is 1.80. The molecule has 6 nitrogen and oxygen atoms in total. The van der Waals surface area contributed by atoms with Crippen LogP contribution in [0.15, 0.2) is 52.0 Å². The van der Waals surface area contributed by atoms with Gasteiger partial charge in [-0.3, -0.25) is 4.79 Å². The Morgan fingerprint density at radius 2 is 1.84 bits per heavy atom. The van der Waals surface area contributed by atoms with Gasteiger partial charge in [-0.05, 0) is 43.7 Å². The number of aliphatic carboxylic acids is 1. The molecule has 2 aromatic rings. The molecule has 0 atom stereocenters. The van der Waals surface area contributed by atoms with Crippen LogP contribution in [0.2, 0.25) is 0 Å². The summed E-state index contributed by atoms with van der Waals surface area (Å²) in [6, 6.07) is 4.58. The molecular formula is C21H25F3N4O2S2. The first-order valence-electron chi connectivity index (χ1n) is 9.48. The number of carbonyl (C=O) groups is 1. The molecule has 1 aromatic heterocycles. The molecular weight excluding hydrogens is 461 g/mol. The summed E-state index contributed by atoms with van der Waals surface area (Å²) in [5, 5.41) is 11.1. The van der Waals surface area contributed by atoms with Crippen LogP contribution in [-0.4, -0.2) is 39.3 Å². The number of nitrogens with zero attached hydrogens (tertiary/aromatic N) is 2. The number of likely N-dealkylation sites (N-methyl/N-ethyl adjacent to an activating group) is 1. The SMILES string of the molecule is CN(CCc1csc(SC(C)(C)C(=O)O)n1)/C(N)=C/C=C(\N)c1ccc(C(F)(F)F)cc1. The van der Waals surface area contributed by atoms with E-state index in [0.29, 0.717) is 28.7 Å². The number of carboxylic acid groups (broad SMARTS) is 1. The highest BCUT2D eigenvalue weighted by molar-refractivity contribution is 8.02. The van der Waals surface area contributed by atoms with Gasteiger partial charge in [-0.1, -0.05) is 23.9 Å². The Balaban J connectivity index is 1.94. The standard InChI is InChI=1S/C21H25F3N4O2S2/c1-20(2,18(29)30)32-19-27-15(12-31-19)10-11-28(3)17(26)9-8-16(25)13-4-6-14(7-5-13)21(22,23)24/h4-9,12H,10-11,25-26H2,1-3H3,(H,29,30)/b16-8-,17-9+. The van der Waals surface area contributed by atoms with Crippen molar-refractivity contribution in [1.82, 2.24) is 9.88 Å². The van der Waals surface area contributed by atoms with Crippen LogP contribution >= 0.6 is 23.1 Å². The fraction of sp³-hybridized carbons (Fsp3) is 0.333. The normalized spacial score (nSPS) is 13.3. The summed E-state index contributed by atoms with van der Waals surface area (Å²) < 4.78 is 37.7. The molecule has 174 valence electrons. The number of hydrogen-bond donors (Lipinski definition) is 3.